The minimum atomic E-state index is -5.73. The molecule has 0 saturated carbocycles. The third-order valence-corrected chi connectivity index (χ3v) is 8.03. The van der Waals surface area contributed by atoms with Gasteiger partial charge in [0.2, 0.25) is 5.01 Å². The zero-order valence-electron chi connectivity index (χ0n) is 21.7. The van der Waals surface area contributed by atoms with Gasteiger partial charge in [0.25, 0.3) is 5.13 Å². The quantitative estimate of drug-likeness (QED) is 0.253. The van der Waals surface area contributed by atoms with Crippen LogP contribution in [0.4, 0.5) is 35.4 Å². The number of anilines is 2. The Bertz CT molecular complexity index is 1280. The molecule has 38 heavy (non-hydrogen) atoms. The summed E-state index contributed by atoms with van der Waals surface area (Å²) in [6.45, 7) is 9.48. The molecule has 15 heteroatoms. The standard InChI is InChI=1S/C23H31F3N6O4S2/c1-6-15(7-2)32-16(8-3)10-9-14-11-17(18(12-19(14)32)31-38(34,35)23(24,25)26)27-29-22-30-28-20(37-22)21(33)36-13(4)5/h11-13,15-16,31H,6-10H2,1-5H3. The van der Waals surface area contributed by atoms with Gasteiger partial charge in [-0.3, -0.25) is 4.72 Å². The number of alkyl halides is 3. The highest BCUT2D eigenvalue weighted by atomic mass is 32.2. The van der Waals surface area contributed by atoms with E-state index in [1.54, 1.807) is 24.6 Å². The van der Waals surface area contributed by atoms with Crippen molar-refractivity contribution in [3.8, 4) is 0 Å². The van der Waals surface area contributed by atoms with Crippen LogP contribution in [0.25, 0.3) is 0 Å². The SMILES string of the molecule is CCC(CC)N1c2cc(NS(=O)(=O)C(F)(F)F)c(N=Nc3nnc(C(=O)OC(C)C)s3)cc2CCC1CC. The number of aromatic nitrogens is 2. The second-order valence-corrected chi connectivity index (χ2v) is 11.7. The van der Waals surface area contributed by atoms with Crippen molar-refractivity contribution in [2.45, 2.75) is 90.4 Å². The lowest BCUT2D eigenvalue weighted by molar-refractivity contribution is -0.0429. The van der Waals surface area contributed by atoms with Gasteiger partial charge in [-0.15, -0.1) is 20.4 Å². The Balaban J connectivity index is 2.08. The first kappa shape index (κ1) is 29.7. The van der Waals surface area contributed by atoms with Crippen LogP contribution in [0.2, 0.25) is 0 Å². The van der Waals surface area contributed by atoms with E-state index in [1.165, 1.54) is 6.07 Å². The minimum absolute atomic E-state index is 0.0484. The molecule has 1 atom stereocenters. The first-order valence-corrected chi connectivity index (χ1v) is 14.6. The summed E-state index contributed by atoms with van der Waals surface area (Å²) in [5.74, 6) is -0.696. The third kappa shape index (κ3) is 6.60. The molecule has 1 aliphatic heterocycles. The summed E-state index contributed by atoms with van der Waals surface area (Å²) in [6, 6.07) is 3.24. The van der Waals surface area contributed by atoms with E-state index in [0.717, 1.165) is 42.6 Å². The fraction of sp³-hybridized carbons (Fsp3) is 0.609. The number of fused-ring (bicyclic) bond motifs is 1. The van der Waals surface area contributed by atoms with Gasteiger partial charge < -0.3 is 9.64 Å². The maximum atomic E-state index is 13.3. The molecule has 2 aromatic rings. The number of benzene rings is 1. The number of nitrogens with zero attached hydrogens (tertiary/aromatic N) is 5. The maximum Gasteiger partial charge on any atom is 0.516 e. The molecular weight excluding hydrogens is 545 g/mol. The highest BCUT2D eigenvalue weighted by Crippen LogP contribution is 2.42. The van der Waals surface area contributed by atoms with Crippen LogP contribution in [0.3, 0.4) is 0 Å². The van der Waals surface area contributed by atoms with E-state index in [2.05, 4.69) is 25.3 Å². The average Bonchev–Trinajstić information content (AvgIpc) is 3.31. The number of hydrogen-bond donors (Lipinski definition) is 1. The molecule has 0 fully saturated rings. The molecule has 0 bridgehead atoms. The van der Waals surface area contributed by atoms with Crippen LogP contribution in [0.15, 0.2) is 22.4 Å². The van der Waals surface area contributed by atoms with Crippen molar-refractivity contribution in [3.63, 3.8) is 0 Å². The normalized spacial score (nSPS) is 16.4. The van der Waals surface area contributed by atoms with Gasteiger partial charge in [0.05, 0.1) is 11.8 Å². The summed E-state index contributed by atoms with van der Waals surface area (Å²) in [7, 11) is -5.73. The number of carbonyl (C=O) groups is 1. The maximum absolute atomic E-state index is 13.3. The lowest BCUT2D eigenvalue weighted by atomic mass is 9.90. The Morgan fingerprint density at radius 1 is 1.21 bits per heavy atom. The molecule has 1 aromatic heterocycles. The Morgan fingerprint density at radius 2 is 1.89 bits per heavy atom. The molecule has 2 heterocycles. The molecule has 3 rings (SSSR count). The number of rotatable bonds is 10. The monoisotopic (exact) mass is 576 g/mol. The van der Waals surface area contributed by atoms with Crippen LogP contribution in [-0.2, 0) is 21.2 Å². The fourth-order valence-corrected chi connectivity index (χ4v) is 5.48. The molecule has 0 amide bonds. The number of nitrogens with one attached hydrogen (secondary N) is 1. The van der Waals surface area contributed by atoms with Gasteiger partial charge in [-0.1, -0.05) is 32.1 Å². The van der Waals surface area contributed by atoms with Crippen LogP contribution in [0.5, 0.6) is 0 Å². The average molecular weight is 577 g/mol. The van der Waals surface area contributed by atoms with Gasteiger partial charge in [-0.25, -0.2) is 4.79 Å². The molecule has 0 aliphatic carbocycles. The van der Waals surface area contributed by atoms with E-state index < -0.39 is 21.5 Å². The second kappa shape index (κ2) is 11.9. The molecule has 1 aliphatic rings. The summed E-state index contributed by atoms with van der Waals surface area (Å²) in [5.41, 5.74) is -4.50. The molecular formula is C23H31F3N6O4S2. The highest BCUT2D eigenvalue weighted by molar-refractivity contribution is 7.93. The lowest BCUT2D eigenvalue weighted by Crippen LogP contribution is -2.45. The fourth-order valence-electron chi connectivity index (χ4n) is 4.36. The van der Waals surface area contributed by atoms with Crippen molar-refractivity contribution in [1.82, 2.24) is 10.2 Å². The van der Waals surface area contributed by atoms with Gasteiger partial charge in [-0.05, 0) is 63.6 Å². The predicted molar refractivity (Wildman–Crippen MR) is 139 cm³/mol. The molecule has 0 spiro atoms. The van der Waals surface area contributed by atoms with E-state index in [0.29, 0.717) is 12.1 Å². The van der Waals surface area contributed by atoms with Crippen LogP contribution < -0.4 is 9.62 Å². The largest absolute Gasteiger partial charge is 0.516 e. The lowest BCUT2D eigenvalue weighted by Gasteiger charge is -2.44. The zero-order valence-corrected chi connectivity index (χ0v) is 23.4. The van der Waals surface area contributed by atoms with Crippen LogP contribution in [0, 0.1) is 0 Å². The van der Waals surface area contributed by atoms with Gasteiger partial charge in [0.15, 0.2) is 0 Å². The zero-order chi connectivity index (χ0) is 28.3. The number of aryl methyl sites for hydroxylation is 1. The van der Waals surface area contributed by atoms with Crippen molar-refractivity contribution in [2.24, 2.45) is 10.2 Å². The number of esters is 1. The van der Waals surface area contributed by atoms with E-state index in [-0.39, 0.29) is 39.7 Å². The summed E-state index contributed by atoms with van der Waals surface area (Å²) in [5, 5.41) is 15.3. The van der Waals surface area contributed by atoms with E-state index in [4.69, 9.17) is 4.74 Å². The molecule has 1 N–H and O–H groups in total. The Hall–Kier alpha value is -2.81. The third-order valence-electron chi connectivity index (χ3n) is 6.15. The topological polar surface area (TPSA) is 126 Å². The first-order chi connectivity index (χ1) is 17.8. The Labute approximate surface area is 223 Å². The van der Waals surface area contributed by atoms with Crippen molar-refractivity contribution in [1.29, 1.82) is 0 Å². The minimum Gasteiger partial charge on any atom is -0.458 e. The van der Waals surface area contributed by atoms with Gasteiger partial charge in [0, 0.05) is 17.8 Å². The number of ether oxygens (including phenoxy) is 1. The molecule has 0 saturated heterocycles. The van der Waals surface area contributed by atoms with Crippen LogP contribution in [-0.4, -0.2) is 48.3 Å². The molecule has 10 nitrogen and oxygen atoms in total. The number of halogens is 3. The number of carbonyl (C=O) groups excluding carboxylic acids is 1. The molecule has 0 radical (unpaired) electrons. The van der Waals surface area contributed by atoms with Crippen molar-refractivity contribution >= 4 is 49.5 Å². The molecule has 1 aromatic carbocycles. The van der Waals surface area contributed by atoms with Crippen molar-refractivity contribution < 1.29 is 31.1 Å². The van der Waals surface area contributed by atoms with E-state index in [9.17, 15) is 26.4 Å². The number of azo groups is 1. The smallest absolute Gasteiger partial charge is 0.458 e. The highest BCUT2D eigenvalue weighted by Gasteiger charge is 2.46. The molecule has 1 unspecified atom stereocenters. The first-order valence-electron chi connectivity index (χ1n) is 12.3. The summed E-state index contributed by atoms with van der Waals surface area (Å²) in [6.07, 6.45) is 3.57. The van der Waals surface area contributed by atoms with Gasteiger partial charge >= 0.3 is 21.5 Å². The van der Waals surface area contributed by atoms with Crippen LogP contribution >= 0.6 is 11.3 Å². The summed E-state index contributed by atoms with van der Waals surface area (Å²) >= 11 is 0.784. The second-order valence-electron chi connectivity index (χ2n) is 9.07. The van der Waals surface area contributed by atoms with Gasteiger partial charge in [0.1, 0.15) is 5.69 Å². The van der Waals surface area contributed by atoms with Crippen molar-refractivity contribution in [2.75, 3.05) is 9.62 Å². The van der Waals surface area contributed by atoms with Crippen molar-refractivity contribution in [3.05, 3.63) is 22.7 Å². The number of hydrogen-bond acceptors (Lipinski definition) is 10. The van der Waals surface area contributed by atoms with E-state index >= 15 is 0 Å². The number of sulfonamides is 1. The van der Waals surface area contributed by atoms with Crippen LogP contribution in [0.1, 0.15) is 75.7 Å². The summed E-state index contributed by atoms with van der Waals surface area (Å²) < 4.78 is 70.6. The van der Waals surface area contributed by atoms with E-state index in [1.807, 2.05) is 20.8 Å². The molecule has 210 valence electrons. The van der Waals surface area contributed by atoms with Gasteiger partial charge in [-0.2, -0.15) is 21.6 Å². The Kier molecular flexibility index (Phi) is 9.34. The Morgan fingerprint density at radius 3 is 2.47 bits per heavy atom. The predicted octanol–water partition coefficient (Wildman–Crippen LogP) is 6.50. The summed E-state index contributed by atoms with van der Waals surface area (Å²) in [4.78, 5) is 14.2.